The van der Waals surface area contributed by atoms with Crippen molar-refractivity contribution in [2.75, 3.05) is 5.43 Å². The maximum Gasteiger partial charge on any atom is 0.204 e. The highest BCUT2D eigenvalue weighted by molar-refractivity contribution is 7.22. The van der Waals surface area contributed by atoms with Crippen molar-refractivity contribution in [3.8, 4) is 0 Å². The van der Waals surface area contributed by atoms with Crippen LogP contribution in [-0.4, -0.2) is 10.7 Å². The Morgan fingerprint density at radius 3 is 2.81 bits per heavy atom. The molecule has 0 aliphatic carbocycles. The van der Waals surface area contributed by atoms with E-state index in [9.17, 15) is 0 Å². The minimum atomic E-state index is 0.487. The fourth-order valence-electron chi connectivity index (χ4n) is 1.14. The maximum atomic E-state index is 6.05. The van der Waals surface area contributed by atoms with Gasteiger partial charge in [-0.1, -0.05) is 34.5 Å². The molecule has 16 heavy (non-hydrogen) atoms. The summed E-state index contributed by atoms with van der Waals surface area (Å²) in [5.74, 6) is 0. The zero-order valence-electron chi connectivity index (χ0n) is 8.71. The van der Waals surface area contributed by atoms with E-state index >= 15 is 0 Å². The number of thiazole rings is 1. The number of hydrazone groups is 1. The lowest BCUT2D eigenvalue weighted by molar-refractivity contribution is 1.29. The summed E-state index contributed by atoms with van der Waals surface area (Å²) in [7, 11) is 0. The number of nitrogens with zero attached hydrogens (tertiary/aromatic N) is 2. The van der Waals surface area contributed by atoms with Crippen LogP contribution in [-0.2, 0) is 0 Å². The number of hydrogen-bond donors (Lipinski definition) is 1. The first-order valence-corrected chi connectivity index (χ1v) is 6.16. The molecule has 0 unspecified atom stereocenters. The number of fused-ring (bicyclic) bond motifs is 1. The number of nitrogens with one attached hydrogen (secondary N) is 1. The second-order valence-electron chi connectivity index (χ2n) is 3.40. The van der Waals surface area contributed by atoms with Crippen molar-refractivity contribution in [1.29, 1.82) is 0 Å². The standard InChI is InChI=1S/C10H9Cl2N3S/c1-5(2)14-15-10-13-9-7(16-10)4-3-6(11)8(9)12/h3-4H,1-2H3,(H,13,15). The van der Waals surface area contributed by atoms with Crippen LogP contribution in [0.3, 0.4) is 0 Å². The van der Waals surface area contributed by atoms with Gasteiger partial charge in [-0.2, -0.15) is 5.10 Å². The Bertz CT molecular complexity index is 558. The predicted octanol–water partition coefficient (Wildman–Crippen LogP) is 4.41. The molecule has 1 N–H and O–H groups in total. The molecule has 0 saturated heterocycles. The van der Waals surface area contributed by atoms with Crippen LogP contribution < -0.4 is 5.43 Å². The molecule has 0 spiro atoms. The van der Waals surface area contributed by atoms with Gasteiger partial charge in [0.2, 0.25) is 5.13 Å². The summed E-state index contributed by atoms with van der Waals surface area (Å²) in [5, 5.41) is 5.79. The van der Waals surface area contributed by atoms with Gasteiger partial charge in [0.1, 0.15) is 5.52 Å². The summed E-state index contributed by atoms with van der Waals surface area (Å²) in [6.45, 7) is 3.81. The Hall–Kier alpha value is -0.840. The first kappa shape index (κ1) is 11.6. The summed E-state index contributed by atoms with van der Waals surface area (Å²) < 4.78 is 0.987. The van der Waals surface area contributed by atoms with Gasteiger partial charge in [0.15, 0.2) is 0 Å². The monoisotopic (exact) mass is 273 g/mol. The number of benzene rings is 1. The Labute approximate surface area is 107 Å². The average Bonchev–Trinajstić information content (AvgIpc) is 2.64. The van der Waals surface area contributed by atoms with Gasteiger partial charge in [-0.05, 0) is 26.0 Å². The summed E-state index contributed by atoms with van der Waals surface area (Å²) >= 11 is 13.4. The van der Waals surface area contributed by atoms with Gasteiger partial charge in [-0.15, -0.1) is 0 Å². The zero-order chi connectivity index (χ0) is 11.7. The van der Waals surface area contributed by atoms with E-state index in [4.69, 9.17) is 23.2 Å². The first-order chi connectivity index (χ1) is 7.58. The third-order valence-electron chi connectivity index (χ3n) is 1.83. The van der Waals surface area contributed by atoms with Crippen molar-refractivity contribution in [2.24, 2.45) is 5.10 Å². The SMILES string of the molecule is CC(C)=NNc1nc2c(Cl)c(Cl)ccc2s1. The summed E-state index contributed by atoms with van der Waals surface area (Å²) in [5.41, 5.74) is 4.52. The molecule has 6 heteroatoms. The first-order valence-electron chi connectivity index (χ1n) is 4.59. The molecule has 1 aromatic heterocycles. The number of aromatic nitrogens is 1. The van der Waals surface area contributed by atoms with Gasteiger partial charge in [0, 0.05) is 5.71 Å². The highest BCUT2D eigenvalue weighted by Crippen LogP contribution is 2.35. The van der Waals surface area contributed by atoms with Crippen LogP contribution >= 0.6 is 34.5 Å². The molecular weight excluding hydrogens is 265 g/mol. The molecule has 0 radical (unpaired) electrons. The van der Waals surface area contributed by atoms with Crippen molar-refractivity contribution < 1.29 is 0 Å². The van der Waals surface area contributed by atoms with Crippen LogP contribution in [0.15, 0.2) is 17.2 Å². The van der Waals surface area contributed by atoms with Crippen molar-refractivity contribution in [3.05, 3.63) is 22.2 Å². The highest BCUT2D eigenvalue weighted by Gasteiger charge is 2.09. The second-order valence-corrected chi connectivity index (χ2v) is 5.21. The lowest BCUT2D eigenvalue weighted by Crippen LogP contribution is -1.91. The molecule has 0 saturated carbocycles. The molecule has 0 amide bonds. The van der Waals surface area contributed by atoms with Gasteiger partial charge in [0.25, 0.3) is 0 Å². The fraction of sp³-hybridized carbons (Fsp3) is 0.200. The van der Waals surface area contributed by atoms with Crippen LogP contribution in [0.4, 0.5) is 5.13 Å². The van der Waals surface area contributed by atoms with E-state index in [0.717, 1.165) is 10.4 Å². The Morgan fingerprint density at radius 1 is 1.38 bits per heavy atom. The minimum absolute atomic E-state index is 0.487. The van der Waals surface area contributed by atoms with Crippen LogP contribution in [0.1, 0.15) is 13.8 Å². The average molecular weight is 274 g/mol. The molecule has 0 aliphatic rings. The van der Waals surface area contributed by atoms with Gasteiger partial charge >= 0.3 is 0 Å². The molecule has 0 bridgehead atoms. The van der Waals surface area contributed by atoms with Gasteiger partial charge in [0.05, 0.1) is 14.7 Å². The molecule has 0 atom stereocenters. The van der Waals surface area contributed by atoms with Crippen molar-refractivity contribution >= 4 is 55.6 Å². The zero-order valence-corrected chi connectivity index (χ0v) is 11.0. The van der Waals surface area contributed by atoms with Gasteiger partial charge in [-0.25, -0.2) is 4.98 Å². The second kappa shape index (κ2) is 4.57. The topological polar surface area (TPSA) is 37.3 Å². The number of rotatable bonds is 2. The third-order valence-corrected chi connectivity index (χ3v) is 3.55. The molecule has 1 heterocycles. The van der Waals surface area contributed by atoms with Crippen LogP contribution in [0.5, 0.6) is 0 Å². The molecule has 2 rings (SSSR count). The van der Waals surface area contributed by atoms with E-state index in [2.05, 4.69) is 15.5 Å². The minimum Gasteiger partial charge on any atom is -0.253 e. The Balaban J connectivity index is 2.44. The lowest BCUT2D eigenvalue weighted by Gasteiger charge is -1.94. The number of halogens is 2. The molecule has 2 aromatic rings. The molecule has 3 nitrogen and oxygen atoms in total. The Morgan fingerprint density at radius 2 is 2.12 bits per heavy atom. The predicted molar refractivity (Wildman–Crippen MR) is 72.0 cm³/mol. The summed E-state index contributed by atoms with van der Waals surface area (Å²) in [6.07, 6.45) is 0. The largest absolute Gasteiger partial charge is 0.253 e. The van der Waals surface area contributed by atoms with E-state index in [1.54, 1.807) is 6.07 Å². The molecule has 1 aromatic carbocycles. The van der Waals surface area contributed by atoms with Crippen LogP contribution in [0.25, 0.3) is 10.2 Å². The number of anilines is 1. The van der Waals surface area contributed by atoms with Gasteiger partial charge in [-0.3, -0.25) is 5.43 Å². The molecule has 0 aliphatic heterocycles. The molecule has 84 valence electrons. The molecular formula is C10H9Cl2N3S. The molecule has 0 fully saturated rings. The summed E-state index contributed by atoms with van der Waals surface area (Å²) in [4.78, 5) is 4.33. The quantitative estimate of drug-likeness (QED) is 0.650. The smallest absolute Gasteiger partial charge is 0.204 e. The highest BCUT2D eigenvalue weighted by atomic mass is 35.5. The van der Waals surface area contributed by atoms with E-state index in [-0.39, 0.29) is 0 Å². The summed E-state index contributed by atoms with van der Waals surface area (Å²) in [6, 6.07) is 3.66. The lowest BCUT2D eigenvalue weighted by atomic mass is 10.3. The maximum absolute atomic E-state index is 6.05. The van der Waals surface area contributed by atoms with Crippen LogP contribution in [0, 0.1) is 0 Å². The van der Waals surface area contributed by atoms with E-state index in [0.29, 0.717) is 20.7 Å². The van der Waals surface area contributed by atoms with Crippen molar-refractivity contribution in [2.45, 2.75) is 13.8 Å². The third kappa shape index (κ3) is 2.29. The van der Waals surface area contributed by atoms with E-state index < -0.39 is 0 Å². The fourth-order valence-corrected chi connectivity index (χ4v) is 2.38. The van der Waals surface area contributed by atoms with Crippen molar-refractivity contribution in [3.63, 3.8) is 0 Å². The normalized spacial score (nSPS) is 10.5. The van der Waals surface area contributed by atoms with E-state index in [1.165, 1.54) is 11.3 Å². The Kier molecular flexibility index (Phi) is 3.33. The van der Waals surface area contributed by atoms with Gasteiger partial charge < -0.3 is 0 Å². The van der Waals surface area contributed by atoms with Crippen molar-refractivity contribution in [1.82, 2.24) is 4.98 Å². The van der Waals surface area contributed by atoms with E-state index in [1.807, 2.05) is 19.9 Å². The number of hydrogen-bond acceptors (Lipinski definition) is 4. The van der Waals surface area contributed by atoms with Crippen LogP contribution in [0.2, 0.25) is 10.0 Å².